The Kier molecular flexibility index (Phi) is 3.51. The summed E-state index contributed by atoms with van der Waals surface area (Å²) in [7, 11) is 0. The van der Waals surface area contributed by atoms with Gasteiger partial charge in [0, 0.05) is 23.7 Å². The summed E-state index contributed by atoms with van der Waals surface area (Å²) in [5, 5.41) is 8.81. The molecule has 4 heteroatoms. The number of aryl methyl sites for hydroxylation is 1. The van der Waals surface area contributed by atoms with Crippen LogP contribution in [0.2, 0.25) is 0 Å². The van der Waals surface area contributed by atoms with Gasteiger partial charge in [-0.05, 0) is 18.6 Å². The zero-order chi connectivity index (χ0) is 11.5. The van der Waals surface area contributed by atoms with E-state index >= 15 is 0 Å². The van der Waals surface area contributed by atoms with Crippen molar-refractivity contribution in [2.75, 3.05) is 18.8 Å². The molecular formula is C12H15NO2S. The summed E-state index contributed by atoms with van der Waals surface area (Å²) in [4.78, 5) is 14.0. The van der Waals surface area contributed by atoms with Crippen molar-refractivity contribution >= 4 is 17.7 Å². The minimum absolute atomic E-state index is 0.133. The van der Waals surface area contributed by atoms with E-state index in [4.69, 9.17) is 5.11 Å². The van der Waals surface area contributed by atoms with Crippen LogP contribution in [0.15, 0.2) is 23.1 Å². The fourth-order valence-corrected chi connectivity index (χ4v) is 2.95. The van der Waals surface area contributed by atoms with Crippen LogP contribution in [0.5, 0.6) is 0 Å². The van der Waals surface area contributed by atoms with Gasteiger partial charge in [-0.2, -0.15) is 0 Å². The summed E-state index contributed by atoms with van der Waals surface area (Å²) in [5.74, 6) is 0.213. The Labute approximate surface area is 99.5 Å². The molecule has 16 heavy (non-hydrogen) atoms. The van der Waals surface area contributed by atoms with E-state index in [1.807, 2.05) is 16.7 Å². The first-order valence-electron chi connectivity index (χ1n) is 5.31. The fraction of sp³-hybridized carbons (Fsp3) is 0.417. The van der Waals surface area contributed by atoms with Crippen LogP contribution in [0, 0.1) is 6.92 Å². The average Bonchev–Trinajstić information content (AvgIpc) is 2.37. The third kappa shape index (κ3) is 2.77. The summed E-state index contributed by atoms with van der Waals surface area (Å²) in [5.41, 5.74) is 2.49. The van der Waals surface area contributed by atoms with Crippen molar-refractivity contribution in [1.82, 2.24) is 4.90 Å². The Hall–Kier alpha value is -1.00. The summed E-state index contributed by atoms with van der Waals surface area (Å²) >= 11 is 1.81. The second kappa shape index (κ2) is 4.89. The van der Waals surface area contributed by atoms with Crippen molar-refractivity contribution in [3.05, 3.63) is 29.3 Å². The molecule has 0 spiro atoms. The molecule has 0 aliphatic carbocycles. The molecule has 1 heterocycles. The number of benzene rings is 1. The third-order valence-electron chi connectivity index (χ3n) is 2.63. The van der Waals surface area contributed by atoms with Crippen LogP contribution < -0.4 is 0 Å². The lowest BCUT2D eigenvalue weighted by Gasteiger charge is -2.17. The highest BCUT2D eigenvalue weighted by molar-refractivity contribution is 7.99. The summed E-state index contributed by atoms with van der Waals surface area (Å²) in [6, 6.07) is 6.40. The second-order valence-electron chi connectivity index (χ2n) is 4.06. The zero-order valence-electron chi connectivity index (χ0n) is 9.27. The molecule has 0 saturated carbocycles. The molecule has 3 nitrogen and oxygen atoms in total. The molecule has 0 aromatic heterocycles. The predicted octanol–water partition coefficient (Wildman–Crippen LogP) is 1.99. The van der Waals surface area contributed by atoms with Gasteiger partial charge in [-0.3, -0.25) is 9.69 Å². The first kappa shape index (κ1) is 11.5. The number of carboxylic acids is 1. The Morgan fingerprint density at radius 1 is 1.56 bits per heavy atom. The van der Waals surface area contributed by atoms with E-state index in [2.05, 4.69) is 25.1 Å². The SMILES string of the molecule is Cc1ccc2c(c1)CN(CC(=O)O)CCS2. The number of nitrogens with zero attached hydrogens (tertiary/aromatic N) is 1. The van der Waals surface area contributed by atoms with Crippen LogP contribution >= 0.6 is 11.8 Å². The van der Waals surface area contributed by atoms with E-state index in [0.29, 0.717) is 0 Å². The van der Waals surface area contributed by atoms with Crippen molar-refractivity contribution in [2.24, 2.45) is 0 Å². The monoisotopic (exact) mass is 237 g/mol. The lowest BCUT2D eigenvalue weighted by Crippen LogP contribution is -2.30. The normalized spacial score (nSPS) is 16.6. The fourth-order valence-electron chi connectivity index (χ4n) is 1.90. The molecular weight excluding hydrogens is 222 g/mol. The third-order valence-corrected chi connectivity index (χ3v) is 3.73. The average molecular weight is 237 g/mol. The van der Waals surface area contributed by atoms with Crippen molar-refractivity contribution in [3.63, 3.8) is 0 Å². The number of rotatable bonds is 2. The Morgan fingerprint density at radius 3 is 3.12 bits per heavy atom. The Morgan fingerprint density at radius 2 is 2.38 bits per heavy atom. The number of aliphatic carboxylic acids is 1. The highest BCUT2D eigenvalue weighted by Crippen LogP contribution is 2.27. The van der Waals surface area contributed by atoms with Gasteiger partial charge in [-0.1, -0.05) is 17.7 Å². The summed E-state index contributed by atoms with van der Waals surface area (Å²) < 4.78 is 0. The van der Waals surface area contributed by atoms with E-state index in [1.165, 1.54) is 16.0 Å². The molecule has 0 fully saturated rings. The van der Waals surface area contributed by atoms with Crippen LogP contribution in [-0.4, -0.2) is 34.8 Å². The number of carboxylic acid groups (broad SMARTS) is 1. The molecule has 1 aromatic carbocycles. The van der Waals surface area contributed by atoms with Gasteiger partial charge >= 0.3 is 5.97 Å². The molecule has 0 unspecified atom stereocenters. The highest BCUT2D eigenvalue weighted by atomic mass is 32.2. The molecule has 2 rings (SSSR count). The maximum absolute atomic E-state index is 10.7. The predicted molar refractivity (Wildman–Crippen MR) is 64.8 cm³/mol. The largest absolute Gasteiger partial charge is 0.480 e. The molecule has 1 N–H and O–H groups in total. The first-order chi connectivity index (χ1) is 7.65. The molecule has 86 valence electrons. The van der Waals surface area contributed by atoms with Crippen LogP contribution in [0.25, 0.3) is 0 Å². The number of hydrogen-bond acceptors (Lipinski definition) is 3. The van der Waals surface area contributed by atoms with E-state index in [-0.39, 0.29) is 6.54 Å². The Bertz CT molecular complexity index is 406. The molecule has 0 radical (unpaired) electrons. The van der Waals surface area contributed by atoms with Crippen molar-refractivity contribution < 1.29 is 9.90 Å². The van der Waals surface area contributed by atoms with Gasteiger partial charge in [0.2, 0.25) is 0 Å². The van der Waals surface area contributed by atoms with Gasteiger partial charge in [0.1, 0.15) is 0 Å². The summed E-state index contributed by atoms with van der Waals surface area (Å²) in [6.07, 6.45) is 0. The van der Waals surface area contributed by atoms with E-state index < -0.39 is 5.97 Å². The van der Waals surface area contributed by atoms with Gasteiger partial charge in [-0.25, -0.2) is 0 Å². The number of carbonyl (C=O) groups is 1. The smallest absolute Gasteiger partial charge is 0.317 e. The van der Waals surface area contributed by atoms with E-state index in [9.17, 15) is 4.79 Å². The summed E-state index contributed by atoms with van der Waals surface area (Å²) in [6.45, 7) is 3.78. The van der Waals surface area contributed by atoms with Crippen LogP contribution in [-0.2, 0) is 11.3 Å². The molecule has 1 aliphatic heterocycles. The topological polar surface area (TPSA) is 40.5 Å². The van der Waals surface area contributed by atoms with Crippen LogP contribution in [0.4, 0.5) is 0 Å². The maximum Gasteiger partial charge on any atom is 0.317 e. The number of thioether (sulfide) groups is 1. The lowest BCUT2D eigenvalue weighted by molar-refractivity contribution is -0.138. The number of hydrogen-bond donors (Lipinski definition) is 1. The van der Waals surface area contributed by atoms with E-state index in [1.54, 1.807) is 0 Å². The molecule has 0 amide bonds. The lowest BCUT2D eigenvalue weighted by atomic mass is 10.1. The standard InChI is InChI=1S/C12H15NO2S/c1-9-2-3-11-10(6-9)7-13(4-5-16-11)8-12(14)15/h2-3,6H,4-5,7-8H2,1H3,(H,14,15). The van der Waals surface area contributed by atoms with Gasteiger partial charge in [-0.15, -0.1) is 11.8 Å². The van der Waals surface area contributed by atoms with Crippen molar-refractivity contribution in [2.45, 2.75) is 18.4 Å². The molecule has 0 atom stereocenters. The maximum atomic E-state index is 10.7. The zero-order valence-corrected chi connectivity index (χ0v) is 10.1. The second-order valence-corrected chi connectivity index (χ2v) is 5.20. The van der Waals surface area contributed by atoms with Crippen LogP contribution in [0.3, 0.4) is 0 Å². The van der Waals surface area contributed by atoms with Crippen molar-refractivity contribution in [3.8, 4) is 0 Å². The van der Waals surface area contributed by atoms with Gasteiger partial charge < -0.3 is 5.11 Å². The van der Waals surface area contributed by atoms with Crippen LogP contribution in [0.1, 0.15) is 11.1 Å². The van der Waals surface area contributed by atoms with Crippen molar-refractivity contribution in [1.29, 1.82) is 0 Å². The Balaban J connectivity index is 2.19. The van der Waals surface area contributed by atoms with Gasteiger partial charge in [0.05, 0.1) is 6.54 Å². The highest BCUT2D eigenvalue weighted by Gasteiger charge is 2.16. The minimum atomic E-state index is -0.749. The molecule has 0 saturated heterocycles. The molecule has 1 aliphatic rings. The minimum Gasteiger partial charge on any atom is -0.480 e. The van der Waals surface area contributed by atoms with E-state index in [0.717, 1.165) is 18.8 Å². The quantitative estimate of drug-likeness (QED) is 0.854. The molecule has 1 aromatic rings. The first-order valence-corrected chi connectivity index (χ1v) is 6.30. The van der Waals surface area contributed by atoms with Gasteiger partial charge in [0.15, 0.2) is 0 Å². The number of fused-ring (bicyclic) bond motifs is 1. The van der Waals surface area contributed by atoms with Gasteiger partial charge in [0.25, 0.3) is 0 Å². The molecule has 0 bridgehead atoms.